The van der Waals surface area contributed by atoms with Crippen LogP contribution in [0.25, 0.3) is 0 Å². The molecule has 0 aliphatic rings. The van der Waals surface area contributed by atoms with Gasteiger partial charge in [-0.1, -0.05) is 11.6 Å². The van der Waals surface area contributed by atoms with Crippen LogP contribution in [0.3, 0.4) is 0 Å². The van der Waals surface area contributed by atoms with Gasteiger partial charge in [0.25, 0.3) is 5.91 Å². The first-order valence-electron chi connectivity index (χ1n) is 5.20. The van der Waals surface area contributed by atoms with E-state index in [1.54, 1.807) is 23.6 Å². The second kappa shape index (κ2) is 5.82. The molecule has 0 bridgehead atoms. The first-order valence-corrected chi connectivity index (χ1v) is 7.25. The maximum Gasteiger partial charge on any atom is 0.254 e. The van der Waals surface area contributed by atoms with Gasteiger partial charge in [0.1, 0.15) is 5.15 Å². The Morgan fingerprint density at radius 3 is 3.06 bits per heavy atom. The van der Waals surface area contributed by atoms with Crippen LogP contribution in [0.1, 0.15) is 20.8 Å². The molecule has 0 saturated heterocycles. The number of thiophene rings is 1. The predicted octanol–water partition coefficient (Wildman–Crippen LogP) is 3.80. The Morgan fingerprint density at radius 2 is 2.39 bits per heavy atom. The van der Waals surface area contributed by atoms with E-state index in [9.17, 15) is 4.79 Å². The van der Waals surface area contributed by atoms with Crippen LogP contribution < -0.4 is 5.32 Å². The minimum Gasteiger partial charge on any atom is -0.347 e. The number of hydrogen-bond donors (Lipinski definition) is 1. The number of carbonyl (C=O) groups is 1. The molecule has 94 valence electrons. The molecule has 0 saturated carbocycles. The fourth-order valence-electron chi connectivity index (χ4n) is 1.42. The van der Waals surface area contributed by atoms with Gasteiger partial charge in [0, 0.05) is 15.5 Å². The van der Waals surface area contributed by atoms with Crippen LogP contribution in [-0.2, 0) is 6.54 Å². The number of halogens is 2. The Kier molecular flexibility index (Phi) is 4.37. The third kappa shape index (κ3) is 3.10. The molecule has 2 rings (SSSR count). The summed E-state index contributed by atoms with van der Waals surface area (Å²) < 4.78 is 0.726. The molecule has 1 amide bonds. The van der Waals surface area contributed by atoms with Gasteiger partial charge in [-0.25, -0.2) is 4.98 Å². The number of nitrogens with zero attached hydrogens (tertiary/aromatic N) is 1. The summed E-state index contributed by atoms with van der Waals surface area (Å²) in [5.41, 5.74) is 1.55. The van der Waals surface area contributed by atoms with E-state index < -0.39 is 0 Å². The van der Waals surface area contributed by atoms with Crippen LogP contribution in [0.4, 0.5) is 0 Å². The van der Waals surface area contributed by atoms with Crippen molar-refractivity contribution in [2.75, 3.05) is 0 Å². The van der Waals surface area contributed by atoms with Crippen LogP contribution >= 0.6 is 38.9 Å². The molecule has 0 fully saturated rings. The highest BCUT2D eigenvalue weighted by molar-refractivity contribution is 9.10. The molecule has 6 heteroatoms. The zero-order valence-corrected chi connectivity index (χ0v) is 12.7. The van der Waals surface area contributed by atoms with Gasteiger partial charge in [-0.2, -0.15) is 0 Å². The van der Waals surface area contributed by atoms with Gasteiger partial charge in [0.15, 0.2) is 0 Å². The van der Waals surface area contributed by atoms with E-state index in [0.717, 1.165) is 9.35 Å². The second-order valence-corrected chi connectivity index (χ2v) is 5.98. The summed E-state index contributed by atoms with van der Waals surface area (Å²) in [6.45, 7) is 2.52. The van der Waals surface area contributed by atoms with Crippen molar-refractivity contribution in [2.45, 2.75) is 13.5 Å². The average molecular weight is 346 g/mol. The smallest absolute Gasteiger partial charge is 0.254 e. The van der Waals surface area contributed by atoms with Crippen molar-refractivity contribution in [2.24, 2.45) is 0 Å². The Labute approximate surface area is 122 Å². The first-order chi connectivity index (χ1) is 8.58. The van der Waals surface area contributed by atoms with Crippen molar-refractivity contribution in [1.29, 1.82) is 0 Å². The fraction of sp³-hybridized carbons (Fsp3) is 0.167. The van der Waals surface area contributed by atoms with Crippen molar-refractivity contribution in [1.82, 2.24) is 10.3 Å². The maximum absolute atomic E-state index is 12.0. The highest BCUT2D eigenvalue weighted by atomic mass is 79.9. The highest BCUT2D eigenvalue weighted by Gasteiger charge is 2.12. The summed E-state index contributed by atoms with van der Waals surface area (Å²) in [6, 6.07) is 3.69. The van der Waals surface area contributed by atoms with E-state index in [2.05, 4.69) is 26.2 Å². The maximum atomic E-state index is 12.0. The summed E-state index contributed by atoms with van der Waals surface area (Å²) in [5, 5.41) is 5.05. The Bertz CT molecular complexity index is 585. The summed E-state index contributed by atoms with van der Waals surface area (Å²) in [4.78, 5) is 17.0. The summed E-state index contributed by atoms with van der Waals surface area (Å²) in [6.07, 6.45) is 1.56. The standard InChI is InChI=1S/C12H10BrClN2OS/c1-7-2-3-18-10(7)6-16-12(17)9-4-8(13)5-15-11(9)14/h2-5H,6H2,1H3,(H,16,17). The molecule has 0 aliphatic heterocycles. The molecule has 0 spiro atoms. The lowest BCUT2D eigenvalue weighted by Gasteiger charge is -2.06. The molecule has 2 heterocycles. The molecule has 3 nitrogen and oxygen atoms in total. The number of aryl methyl sites for hydroxylation is 1. The monoisotopic (exact) mass is 344 g/mol. The lowest BCUT2D eigenvalue weighted by atomic mass is 10.2. The third-order valence-corrected chi connectivity index (χ3v) is 4.19. The zero-order chi connectivity index (χ0) is 13.1. The fourth-order valence-corrected chi connectivity index (χ4v) is 2.79. The Hall–Kier alpha value is -0.910. The molecule has 0 radical (unpaired) electrons. The minimum atomic E-state index is -0.221. The average Bonchev–Trinajstić information content (AvgIpc) is 2.75. The zero-order valence-electron chi connectivity index (χ0n) is 9.54. The van der Waals surface area contributed by atoms with Crippen molar-refractivity contribution in [3.05, 3.63) is 49.3 Å². The van der Waals surface area contributed by atoms with Gasteiger partial charge in [-0.3, -0.25) is 4.79 Å². The SMILES string of the molecule is Cc1ccsc1CNC(=O)c1cc(Br)cnc1Cl. The van der Waals surface area contributed by atoms with Gasteiger partial charge in [0.2, 0.25) is 0 Å². The Balaban J connectivity index is 2.08. The molecule has 0 unspecified atom stereocenters. The number of carbonyl (C=O) groups excluding carboxylic acids is 1. The summed E-state index contributed by atoms with van der Waals surface area (Å²) >= 11 is 10.8. The van der Waals surface area contributed by atoms with Gasteiger partial charge in [-0.15, -0.1) is 11.3 Å². The van der Waals surface area contributed by atoms with Crippen molar-refractivity contribution in [3.8, 4) is 0 Å². The summed E-state index contributed by atoms with van der Waals surface area (Å²) in [7, 11) is 0. The Morgan fingerprint density at radius 1 is 1.61 bits per heavy atom. The molecule has 0 aromatic carbocycles. The molecule has 0 atom stereocenters. The van der Waals surface area contributed by atoms with Crippen LogP contribution in [0, 0.1) is 6.92 Å². The number of pyridine rings is 1. The quantitative estimate of drug-likeness (QED) is 0.860. The summed E-state index contributed by atoms with van der Waals surface area (Å²) in [5.74, 6) is -0.221. The van der Waals surface area contributed by atoms with Gasteiger partial charge >= 0.3 is 0 Å². The lowest BCUT2D eigenvalue weighted by Crippen LogP contribution is -2.23. The molecule has 1 N–H and O–H groups in total. The van der Waals surface area contributed by atoms with Crippen LogP contribution in [-0.4, -0.2) is 10.9 Å². The molecule has 2 aromatic heterocycles. The lowest BCUT2D eigenvalue weighted by molar-refractivity contribution is 0.0951. The topological polar surface area (TPSA) is 42.0 Å². The van der Waals surface area contributed by atoms with E-state index >= 15 is 0 Å². The van der Waals surface area contributed by atoms with E-state index in [0.29, 0.717) is 12.1 Å². The predicted molar refractivity (Wildman–Crippen MR) is 77.2 cm³/mol. The number of amides is 1. The molecule has 18 heavy (non-hydrogen) atoms. The first kappa shape index (κ1) is 13.5. The van der Waals surface area contributed by atoms with Crippen LogP contribution in [0.2, 0.25) is 5.15 Å². The van der Waals surface area contributed by atoms with Crippen LogP contribution in [0.15, 0.2) is 28.2 Å². The third-order valence-electron chi connectivity index (χ3n) is 2.43. The van der Waals surface area contributed by atoms with E-state index in [1.807, 2.05) is 18.4 Å². The van der Waals surface area contributed by atoms with E-state index in [1.165, 1.54) is 5.56 Å². The number of aromatic nitrogens is 1. The molecule has 2 aromatic rings. The second-order valence-electron chi connectivity index (χ2n) is 3.70. The van der Waals surface area contributed by atoms with Crippen LogP contribution in [0.5, 0.6) is 0 Å². The van der Waals surface area contributed by atoms with Gasteiger partial charge in [0.05, 0.1) is 12.1 Å². The number of hydrogen-bond acceptors (Lipinski definition) is 3. The highest BCUT2D eigenvalue weighted by Crippen LogP contribution is 2.19. The van der Waals surface area contributed by atoms with E-state index in [-0.39, 0.29) is 11.1 Å². The normalized spacial score (nSPS) is 10.4. The molecular formula is C12H10BrClN2OS. The van der Waals surface area contributed by atoms with E-state index in [4.69, 9.17) is 11.6 Å². The number of rotatable bonds is 3. The van der Waals surface area contributed by atoms with Crippen molar-refractivity contribution >= 4 is 44.8 Å². The molecule has 0 aliphatic carbocycles. The van der Waals surface area contributed by atoms with Crippen molar-refractivity contribution in [3.63, 3.8) is 0 Å². The van der Waals surface area contributed by atoms with Gasteiger partial charge in [-0.05, 0) is 45.9 Å². The minimum absolute atomic E-state index is 0.207. The van der Waals surface area contributed by atoms with Gasteiger partial charge < -0.3 is 5.32 Å². The largest absolute Gasteiger partial charge is 0.347 e. The molecular weight excluding hydrogens is 336 g/mol. The number of nitrogens with one attached hydrogen (secondary N) is 1. The van der Waals surface area contributed by atoms with Crippen molar-refractivity contribution < 1.29 is 4.79 Å².